The molecular weight excluding hydrogens is 252 g/mol. The van der Waals surface area contributed by atoms with Crippen molar-refractivity contribution in [2.45, 2.75) is 51.7 Å². The summed E-state index contributed by atoms with van der Waals surface area (Å²) in [5.74, 6) is -0.467. The Bertz CT molecular complexity index is 455. The fourth-order valence-electron chi connectivity index (χ4n) is 3.99. The normalized spacial score (nSPS) is 31.4. The van der Waals surface area contributed by atoms with E-state index in [9.17, 15) is 4.79 Å². The van der Waals surface area contributed by atoms with Gasteiger partial charge in [0.15, 0.2) is 0 Å². The van der Waals surface area contributed by atoms with E-state index in [-0.39, 0.29) is 11.8 Å². The molecule has 1 aliphatic heterocycles. The molecule has 3 heteroatoms. The maximum atomic E-state index is 13.0. The first-order valence-corrected chi connectivity index (χ1v) is 7.96. The summed E-state index contributed by atoms with van der Waals surface area (Å²) in [7, 11) is 0. The van der Waals surface area contributed by atoms with Crippen molar-refractivity contribution in [2.75, 3.05) is 13.2 Å². The lowest BCUT2D eigenvalue weighted by Crippen LogP contribution is -2.51. The first kappa shape index (κ1) is 14.0. The maximum absolute atomic E-state index is 13.0. The van der Waals surface area contributed by atoms with Gasteiger partial charge in [-0.25, -0.2) is 0 Å². The van der Waals surface area contributed by atoms with Crippen LogP contribution in [0.5, 0.6) is 0 Å². The molecule has 0 N–H and O–H groups in total. The number of allylic oxidation sites excluding steroid dienone is 2. The van der Waals surface area contributed by atoms with Gasteiger partial charge in [0, 0.05) is 11.5 Å². The number of carbonyl (C=O) groups is 1. The smallest absolute Gasteiger partial charge is 0.204 e. The number of ether oxygens (including phenoxy) is 2. The zero-order valence-corrected chi connectivity index (χ0v) is 12.5. The molecule has 3 rings (SSSR count). The molecule has 1 fully saturated rings. The lowest BCUT2D eigenvalue weighted by atomic mass is 9.69. The van der Waals surface area contributed by atoms with E-state index in [1.165, 1.54) is 5.57 Å². The minimum atomic E-state index is -0.764. The van der Waals surface area contributed by atoms with Crippen LogP contribution in [0, 0.1) is 11.8 Å². The van der Waals surface area contributed by atoms with E-state index in [0.29, 0.717) is 19.0 Å². The number of rotatable bonds is 4. The van der Waals surface area contributed by atoms with Gasteiger partial charge in [-0.15, -0.1) is 0 Å². The predicted molar refractivity (Wildman–Crippen MR) is 77.2 cm³/mol. The SMILES string of the molecule is CCC[C@@H]1C(=O)[C@@H](CCC)C2(OCCO2)C2=C1CC=C2. The van der Waals surface area contributed by atoms with Crippen LogP contribution in [0.4, 0.5) is 0 Å². The van der Waals surface area contributed by atoms with Crippen molar-refractivity contribution in [1.29, 1.82) is 0 Å². The average Bonchev–Trinajstić information content (AvgIpc) is 3.09. The van der Waals surface area contributed by atoms with Crippen LogP contribution in [-0.4, -0.2) is 24.8 Å². The molecule has 110 valence electrons. The van der Waals surface area contributed by atoms with Gasteiger partial charge in [-0.2, -0.15) is 0 Å². The van der Waals surface area contributed by atoms with Crippen LogP contribution in [0.2, 0.25) is 0 Å². The Labute approximate surface area is 121 Å². The van der Waals surface area contributed by atoms with E-state index in [4.69, 9.17) is 9.47 Å². The predicted octanol–water partition coefficient (Wildman–Crippen LogP) is 3.40. The molecule has 0 bridgehead atoms. The van der Waals surface area contributed by atoms with Crippen LogP contribution in [0.15, 0.2) is 23.3 Å². The molecule has 3 aliphatic rings. The Kier molecular flexibility index (Phi) is 3.83. The molecule has 0 aromatic heterocycles. The third-order valence-corrected chi connectivity index (χ3v) is 4.78. The highest BCUT2D eigenvalue weighted by Crippen LogP contribution is 2.50. The Balaban J connectivity index is 2.06. The maximum Gasteiger partial charge on any atom is 0.204 e. The molecular formula is C17H24O3. The van der Waals surface area contributed by atoms with E-state index in [0.717, 1.165) is 37.7 Å². The van der Waals surface area contributed by atoms with Gasteiger partial charge in [-0.3, -0.25) is 4.79 Å². The summed E-state index contributed by atoms with van der Waals surface area (Å²) in [6.45, 7) is 5.46. The molecule has 0 amide bonds. The van der Waals surface area contributed by atoms with Gasteiger partial charge in [0.1, 0.15) is 5.78 Å². The second kappa shape index (κ2) is 5.45. The molecule has 0 aromatic carbocycles. The summed E-state index contributed by atoms with van der Waals surface area (Å²) in [4.78, 5) is 13.0. The van der Waals surface area contributed by atoms with Crippen LogP contribution >= 0.6 is 0 Å². The highest BCUT2D eigenvalue weighted by atomic mass is 16.7. The zero-order chi connectivity index (χ0) is 14.2. The number of hydrogen-bond acceptors (Lipinski definition) is 3. The monoisotopic (exact) mass is 276 g/mol. The van der Waals surface area contributed by atoms with Gasteiger partial charge in [-0.1, -0.05) is 38.8 Å². The van der Waals surface area contributed by atoms with Crippen molar-refractivity contribution in [3.05, 3.63) is 23.3 Å². The average molecular weight is 276 g/mol. The van der Waals surface area contributed by atoms with Crippen molar-refractivity contribution >= 4 is 5.78 Å². The number of carbonyl (C=O) groups excluding carboxylic acids is 1. The highest BCUT2D eigenvalue weighted by molar-refractivity contribution is 5.90. The molecule has 3 nitrogen and oxygen atoms in total. The summed E-state index contributed by atoms with van der Waals surface area (Å²) in [5.41, 5.74) is 2.41. The largest absolute Gasteiger partial charge is 0.343 e. The van der Waals surface area contributed by atoms with Crippen LogP contribution in [0.1, 0.15) is 46.0 Å². The van der Waals surface area contributed by atoms with E-state index in [1.54, 1.807) is 0 Å². The van der Waals surface area contributed by atoms with Gasteiger partial charge < -0.3 is 9.47 Å². The Morgan fingerprint density at radius 2 is 1.90 bits per heavy atom. The molecule has 0 saturated carbocycles. The van der Waals surface area contributed by atoms with Gasteiger partial charge in [0.2, 0.25) is 5.79 Å². The molecule has 2 atom stereocenters. The fourth-order valence-corrected chi connectivity index (χ4v) is 3.99. The third kappa shape index (κ3) is 1.91. The first-order chi connectivity index (χ1) is 9.74. The van der Waals surface area contributed by atoms with Gasteiger partial charge >= 0.3 is 0 Å². The minimum Gasteiger partial charge on any atom is -0.343 e. The molecule has 0 radical (unpaired) electrons. The van der Waals surface area contributed by atoms with E-state index >= 15 is 0 Å². The lowest BCUT2D eigenvalue weighted by Gasteiger charge is -2.42. The van der Waals surface area contributed by atoms with Crippen LogP contribution in [0.25, 0.3) is 0 Å². The molecule has 1 spiro atoms. The molecule has 0 aromatic rings. The highest BCUT2D eigenvalue weighted by Gasteiger charge is 2.56. The third-order valence-electron chi connectivity index (χ3n) is 4.78. The van der Waals surface area contributed by atoms with Crippen molar-refractivity contribution < 1.29 is 14.3 Å². The number of hydrogen-bond donors (Lipinski definition) is 0. The van der Waals surface area contributed by atoms with Gasteiger partial charge in [-0.05, 0) is 24.8 Å². The minimum absolute atomic E-state index is 0.0833. The summed E-state index contributed by atoms with van der Waals surface area (Å²) in [6, 6.07) is 0. The zero-order valence-electron chi connectivity index (χ0n) is 12.5. The van der Waals surface area contributed by atoms with Crippen molar-refractivity contribution in [3.63, 3.8) is 0 Å². The molecule has 0 unspecified atom stereocenters. The standard InChI is InChI=1S/C17H24O3/c1-3-6-13-12-8-5-9-14(12)17(19-10-11-20-17)15(7-4-2)16(13)18/h5,9,13,15H,3-4,6-8,10-11H2,1-2H3/t13-,15+/m0/s1. The Morgan fingerprint density at radius 3 is 2.55 bits per heavy atom. The summed E-state index contributed by atoms with van der Waals surface area (Å²) >= 11 is 0. The van der Waals surface area contributed by atoms with Crippen molar-refractivity contribution in [1.82, 2.24) is 0 Å². The first-order valence-electron chi connectivity index (χ1n) is 7.96. The van der Waals surface area contributed by atoms with Gasteiger partial charge in [0.25, 0.3) is 0 Å². The van der Waals surface area contributed by atoms with Gasteiger partial charge in [0.05, 0.1) is 19.1 Å². The van der Waals surface area contributed by atoms with E-state index < -0.39 is 5.79 Å². The number of fused-ring (bicyclic) bond motifs is 1. The fraction of sp³-hybridized carbons (Fsp3) is 0.706. The summed E-state index contributed by atoms with van der Waals surface area (Å²) < 4.78 is 12.0. The lowest BCUT2D eigenvalue weighted by molar-refractivity contribution is -0.181. The van der Waals surface area contributed by atoms with Crippen molar-refractivity contribution in [3.8, 4) is 0 Å². The molecule has 1 heterocycles. The molecule has 20 heavy (non-hydrogen) atoms. The van der Waals surface area contributed by atoms with Crippen LogP contribution < -0.4 is 0 Å². The van der Waals surface area contributed by atoms with Crippen LogP contribution in [-0.2, 0) is 14.3 Å². The van der Waals surface area contributed by atoms with E-state index in [2.05, 4.69) is 26.0 Å². The topological polar surface area (TPSA) is 35.5 Å². The second-order valence-corrected chi connectivity index (χ2v) is 5.99. The number of ketones is 1. The second-order valence-electron chi connectivity index (χ2n) is 5.99. The number of Topliss-reactive ketones (excluding diaryl/α,β-unsaturated/α-hetero) is 1. The summed E-state index contributed by atoms with van der Waals surface area (Å²) in [5, 5.41) is 0. The molecule has 1 saturated heterocycles. The Hall–Kier alpha value is -0.930. The quantitative estimate of drug-likeness (QED) is 0.789. The van der Waals surface area contributed by atoms with E-state index in [1.807, 2.05) is 0 Å². The molecule has 2 aliphatic carbocycles. The Morgan fingerprint density at radius 1 is 1.20 bits per heavy atom. The van der Waals surface area contributed by atoms with Crippen LogP contribution in [0.3, 0.4) is 0 Å². The summed E-state index contributed by atoms with van der Waals surface area (Å²) in [6.07, 6.45) is 9.01. The van der Waals surface area contributed by atoms with Crippen molar-refractivity contribution in [2.24, 2.45) is 11.8 Å².